The lowest BCUT2D eigenvalue weighted by Gasteiger charge is -2.13. The van der Waals surface area contributed by atoms with Crippen molar-refractivity contribution in [1.29, 1.82) is 0 Å². The minimum Gasteiger partial charge on any atom is -0.398 e. The van der Waals surface area contributed by atoms with Crippen LogP contribution in [0.5, 0.6) is 0 Å². The van der Waals surface area contributed by atoms with Gasteiger partial charge < -0.3 is 5.73 Å². The lowest BCUT2D eigenvalue weighted by atomic mass is 9.94. The number of aryl methyl sites for hydroxylation is 1. The molecule has 15 heavy (non-hydrogen) atoms. The Kier molecular flexibility index (Phi) is 2.01. The zero-order chi connectivity index (χ0) is 10.4. The summed E-state index contributed by atoms with van der Waals surface area (Å²) >= 11 is 0. The topological polar surface area (TPSA) is 26.0 Å². The first-order valence-corrected chi connectivity index (χ1v) is 6.24. The highest BCUT2D eigenvalue weighted by atomic mass is 14.6. The maximum atomic E-state index is 6.30. The molecule has 80 valence electrons. The molecule has 0 spiro atoms. The quantitative estimate of drug-likeness (QED) is 0.694. The number of nitrogen functional groups attached to an aromatic ring is 1. The van der Waals surface area contributed by atoms with E-state index in [0.29, 0.717) is 0 Å². The lowest BCUT2D eigenvalue weighted by Crippen LogP contribution is -2.01. The molecule has 0 saturated carbocycles. The second kappa shape index (κ2) is 3.26. The Bertz CT molecular complexity index is 406. The van der Waals surface area contributed by atoms with E-state index in [1.165, 1.54) is 49.7 Å². The molecule has 0 aliphatic heterocycles. The molecule has 0 bridgehead atoms. The number of hydrogen-bond acceptors (Lipinski definition) is 1. The third-order valence-electron chi connectivity index (χ3n) is 4.26. The van der Waals surface area contributed by atoms with E-state index in [9.17, 15) is 0 Å². The van der Waals surface area contributed by atoms with Crippen molar-refractivity contribution < 1.29 is 0 Å². The van der Waals surface area contributed by atoms with Gasteiger partial charge >= 0.3 is 0 Å². The van der Waals surface area contributed by atoms with Crippen molar-refractivity contribution in [2.75, 3.05) is 5.73 Å². The standard InChI is InChI=1S/C14H19N/c1-2-9-6-7-12-13(9)8-10-4-3-5-11(10)14(12)15/h8-9H,2-7,15H2,1H3. The van der Waals surface area contributed by atoms with Crippen LogP contribution in [0.4, 0.5) is 5.69 Å². The Morgan fingerprint density at radius 3 is 2.93 bits per heavy atom. The van der Waals surface area contributed by atoms with Crippen LogP contribution < -0.4 is 5.73 Å². The third-order valence-corrected chi connectivity index (χ3v) is 4.26. The van der Waals surface area contributed by atoms with E-state index in [0.717, 1.165) is 11.6 Å². The molecule has 0 aromatic heterocycles. The number of anilines is 1. The molecule has 2 N–H and O–H groups in total. The van der Waals surface area contributed by atoms with Gasteiger partial charge in [-0.15, -0.1) is 0 Å². The number of fused-ring (bicyclic) bond motifs is 2. The van der Waals surface area contributed by atoms with E-state index < -0.39 is 0 Å². The predicted octanol–water partition coefficient (Wildman–Crippen LogP) is 3.20. The summed E-state index contributed by atoms with van der Waals surface area (Å²) in [6.07, 6.45) is 7.57. The summed E-state index contributed by atoms with van der Waals surface area (Å²) in [5, 5.41) is 0. The van der Waals surface area contributed by atoms with Crippen LogP contribution in [0.3, 0.4) is 0 Å². The van der Waals surface area contributed by atoms with Crippen LogP contribution in [0.15, 0.2) is 6.07 Å². The van der Waals surface area contributed by atoms with Crippen molar-refractivity contribution in [2.24, 2.45) is 0 Å². The zero-order valence-corrected chi connectivity index (χ0v) is 9.47. The Morgan fingerprint density at radius 2 is 2.13 bits per heavy atom. The maximum Gasteiger partial charge on any atom is 0.0384 e. The minimum atomic E-state index is 0.785. The van der Waals surface area contributed by atoms with Crippen molar-refractivity contribution in [2.45, 2.75) is 51.4 Å². The molecule has 1 heteroatoms. The van der Waals surface area contributed by atoms with Crippen LogP contribution in [-0.4, -0.2) is 0 Å². The summed E-state index contributed by atoms with van der Waals surface area (Å²) in [5.41, 5.74) is 13.5. The molecule has 1 atom stereocenters. The minimum absolute atomic E-state index is 0.785. The zero-order valence-electron chi connectivity index (χ0n) is 9.47. The molecule has 2 aliphatic rings. The fourth-order valence-electron chi connectivity index (χ4n) is 3.39. The van der Waals surface area contributed by atoms with Crippen LogP contribution in [0.2, 0.25) is 0 Å². The fraction of sp³-hybridized carbons (Fsp3) is 0.571. The summed E-state index contributed by atoms with van der Waals surface area (Å²) in [4.78, 5) is 0. The van der Waals surface area contributed by atoms with Gasteiger partial charge in [0.25, 0.3) is 0 Å². The smallest absolute Gasteiger partial charge is 0.0384 e. The molecule has 0 heterocycles. The van der Waals surface area contributed by atoms with Crippen molar-refractivity contribution in [3.05, 3.63) is 28.3 Å². The van der Waals surface area contributed by atoms with Gasteiger partial charge in [0, 0.05) is 5.69 Å². The van der Waals surface area contributed by atoms with Gasteiger partial charge in [-0.2, -0.15) is 0 Å². The first kappa shape index (κ1) is 9.26. The Labute approximate surface area is 91.7 Å². The average molecular weight is 201 g/mol. The second-order valence-electron chi connectivity index (χ2n) is 4.99. The Balaban J connectivity index is 2.17. The van der Waals surface area contributed by atoms with Gasteiger partial charge in [0.15, 0.2) is 0 Å². The molecule has 0 amide bonds. The molecule has 1 nitrogen and oxygen atoms in total. The van der Waals surface area contributed by atoms with E-state index in [1.54, 1.807) is 11.1 Å². The Hall–Kier alpha value is -0.980. The summed E-state index contributed by atoms with van der Waals surface area (Å²) in [7, 11) is 0. The molecule has 3 rings (SSSR count). The number of nitrogens with two attached hydrogens (primary N) is 1. The third kappa shape index (κ3) is 1.22. The van der Waals surface area contributed by atoms with Crippen molar-refractivity contribution in [3.63, 3.8) is 0 Å². The maximum absolute atomic E-state index is 6.30. The monoisotopic (exact) mass is 201 g/mol. The molecule has 0 fully saturated rings. The van der Waals surface area contributed by atoms with Gasteiger partial charge in [-0.25, -0.2) is 0 Å². The van der Waals surface area contributed by atoms with Gasteiger partial charge in [-0.1, -0.05) is 13.0 Å². The highest BCUT2D eigenvalue weighted by Crippen LogP contribution is 2.42. The highest BCUT2D eigenvalue weighted by Gasteiger charge is 2.27. The van der Waals surface area contributed by atoms with Gasteiger partial charge in [-0.3, -0.25) is 0 Å². The molecule has 0 saturated heterocycles. The van der Waals surface area contributed by atoms with Gasteiger partial charge in [0.2, 0.25) is 0 Å². The normalized spacial score (nSPS) is 22.9. The van der Waals surface area contributed by atoms with Crippen LogP contribution in [-0.2, 0) is 19.3 Å². The summed E-state index contributed by atoms with van der Waals surface area (Å²) in [6, 6.07) is 2.47. The average Bonchev–Trinajstić information content (AvgIpc) is 2.83. The fourth-order valence-corrected chi connectivity index (χ4v) is 3.39. The van der Waals surface area contributed by atoms with Crippen molar-refractivity contribution in [3.8, 4) is 0 Å². The first-order chi connectivity index (χ1) is 7.31. The van der Waals surface area contributed by atoms with E-state index in [1.807, 2.05) is 0 Å². The Morgan fingerprint density at radius 1 is 1.27 bits per heavy atom. The molecule has 2 aliphatic carbocycles. The summed E-state index contributed by atoms with van der Waals surface area (Å²) < 4.78 is 0. The van der Waals surface area contributed by atoms with E-state index in [-0.39, 0.29) is 0 Å². The first-order valence-electron chi connectivity index (χ1n) is 6.24. The summed E-state index contributed by atoms with van der Waals surface area (Å²) in [5.74, 6) is 0.785. The molecule has 0 radical (unpaired) electrons. The van der Waals surface area contributed by atoms with E-state index in [4.69, 9.17) is 5.73 Å². The summed E-state index contributed by atoms with van der Waals surface area (Å²) in [6.45, 7) is 2.29. The largest absolute Gasteiger partial charge is 0.398 e. The van der Waals surface area contributed by atoms with Crippen LogP contribution >= 0.6 is 0 Å². The highest BCUT2D eigenvalue weighted by molar-refractivity contribution is 5.63. The van der Waals surface area contributed by atoms with Gasteiger partial charge in [-0.05, 0) is 66.7 Å². The van der Waals surface area contributed by atoms with Gasteiger partial charge in [0.1, 0.15) is 0 Å². The molecular weight excluding hydrogens is 182 g/mol. The van der Waals surface area contributed by atoms with Crippen LogP contribution in [0, 0.1) is 0 Å². The van der Waals surface area contributed by atoms with E-state index in [2.05, 4.69) is 13.0 Å². The molecule has 1 aromatic carbocycles. The van der Waals surface area contributed by atoms with Crippen molar-refractivity contribution in [1.82, 2.24) is 0 Å². The predicted molar refractivity (Wildman–Crippen MR) is 64.2 cm³/mol. The lowest BCUT2D eigenvalue weighted by molar-refractivity contribution is 0.655. The molecule has 1 unspecified atom stereocenters. The van der Waals surface area contributed by atoms with Gasteiger partial charge in [0.05, 0.1) is 0 Å². The molecule has 1 aromatic rings. The number of benzene rings is 1. The second-order valence-corrected chi connectivity index (χ2v) is 4.99. The number of hydrogen-bond donors (Lipinski definition) is 1. The van der Waals surface area contributed by atoms with E-state index >= 15 is 0 Å². The molecular formula is C14H19N. The van der Waals surface area contributed by atoms with Crippen molar-refractivity contribution >= 4 is 5.69 Å². The number of rotatable bonds is 1. The van der Waals surface area contributed by atoms with Crippen LogP contribution in [0.1, 0.15) is 54.4 Å². The SMILES string of the molecule is CCC1CCc2c1cc1c(c2N)CCC1. The van der Waals surface area contributed by atoms with Crippen LogP contribution in [0.25, 0.3) is 0 Å².